The Labute approximate surface area is 109 Å². The summed E-state index contributed by atoms with van der Waals surface area (Å²) in [7, 11) is 1.87. The van der Waals surface area contributed by atoms with E-state index in [2.05, 4.69) is 17.6 Å². The summed E-state index contributed by atoms with van der Waals surface area (Å²) >= 11 is 0. The average molecular weight is 246 g/mol. The first-order valence-electron chi connectivity index (χ1n) is 6.69. The van der Waals surface area contributed by atoms with Crippen LogP contribution in [0.1, 0.15) is 43.0 Å². The molecule has 1 aliphatic carbocycles. The van der Waals surface area contributed by atoms with Crippen LogP contribution >= 0.6 is 0 Å². The third kappa shape index (κ3) is 3.03. The number of nitrogens with one attached hydrogen (secondary N) is 2. The second kappa shape index (κ2) is 5.42. The van der Waals surface area contributed by atoms with Crippen LogP contribution in [-0.2, 0) is 0 Å². The highest BCUT2D eigenvalue weighted by atomic mass is 16.1. The highest BCUT2D eigenvalue weighted by molar-refractivity contribution is 5.94. The van der Waals surface area contributed by atoms with Gasteiger partial charge in [0.05, 0.1) is 0 Å². The molecular weight excluding hydrogens is 224 g/mol. The van der Waals surface area contributed by atoms with Crippen molar-refractivity contribution in [3.05, 3.63) is 29.8 Å². The molecule has 3 heteroatoms. The second-order valence-corrected chi connectivity index (χ2v) is 5.53. The van der Waals surface area contributed by atoms with E-state index in [0.29, 0.717) is 5.41 Å². The van der Waals surface area contributed by atoms with E-state index in [-0.39, 0.29) is 5.91 Å². The van der Waals surface area contributed by atoms with Crippen molar-refractivity contribution in [2.24, 2.45) is 5.41 Å². The Morgan fingerprint density at radius 2 is 1.83 bits per heavy atom. The van der Waals surface area contributed by atoms with Crippen molar-refractivity contribution in [3.63, 3.8) is 0 Å². The highest BCUT2D eigenvalue weighted by Gasteiger charge is 2.28. The first-order valence-corrected chi connectivity index (χ1v) is 6.69. The van der Waals surface area contributed by atoms with Gasteiger partial charge in [0.15, 0.2) is 0 Å². The molecule has 1 fully saturated rings. The molecule has 0 aliphatic heterocycles. The topological polar surface area (TPSA) is 41.1 Å². The number of carbonyl (C=O) groups is 1. The first-order chi connectivity index (χ1) is 8.63. The van der Waals surface area contributed by atoms with Crippen LogP contribution < -0.4 is 10.6 Å². The van der Waals surface area contributed by atoms with Crippen molar-refractivity contribution in [2.75, 3.05) is 18.9 Å². The fourth-order valence-electron chi connectivity index (χ4n) is 2.59. The minimum atomic E-state index is 0.0331. The van der Waals surface area contributed by atoms with Crippen LogP contribution in [-0.4, -0.2) is 19.5 Å². The average Bonchev–Trinajstić information content (AvgIpc) is 2.83. The van der Waals surface area contributed by atoms with Crippen molar-refractivity contribution in [3.8, 4) is 0 Å². The monoisotopic (exact) mass is 246 g/mol. The van der Waals surface area contributed by atoms with Crippen LogP contribution in [0.15, 0.2) is 24.3 Å². The Kier molecular flexibility index (Phi) is 3.90. The van der Waals surface area contributed by atoms with E-state index in [9.17, 15) is 4.79 Å². The molecule has 1 saturated carbocycles. The van der Waals surface area contributed by atoms with E-state index >= 15 is 0 Å². The normalized spacial score (nSPS) is 17.4. The van der Waals surface area contributed by atoms with E-state index in [1.54, 1.807) is 0 Å². The van der Waals surface area contributed by atoms with Gasteiger partial charge in [-0.3, -0.25) is 4.79 Å². The smallest absolute Gasteiger partial charge is 0.251 e. The number of amides is 1. The Morgan fingerprint density at radius 3 is 2.39 bits per heavy atom. The minimum Gasteiger partial charge on any atom is -0.388 e. The fraction of sp³-hybridized carbons (Fsp3) is 0.533. The lowest BCUT2D eigenvalue weighted by atomic mass is 9.89. The molecule has 98 valence electrons. The van der Waals surface area contributed by atoms with Crippen LogP contribution in [0.2, 0.25) is 0 Å². The lowest BCUT2D eigenvalue weighted by Gasteiger charge is -2.23. The van der Waals surface area contributed by atoms with Crippen molar-refractivity contribution < 1.29 is 4.79 Å². The number of rotatable bonds is 4. The molecule has 0 atom stereocenters. The zero-order valence-corrected chi connectivity index (χ0v) is 11.3. The van der Waals surface area contributed by atoms with Crippen LogP contribution in [0.4, 0.5) is 5.69 Å². The van der Waals surface area contributed by atoms with Crippen LogP contribution in [0.3, 0.4) is 0 Å². The first kappa shape index (κ1) is 12.9. The zero-order chi connectivity index (χ0) is 13.0. The van der Waals surface area contributed by atoms with E-state index in [1.165, 1.54) is 25.7 Å². The summed E-state index contributed by atoms with van der Waals surface area (Å²) in [6.07, 6.45) is 5.05. The molecule has 0 aromatic heterocycles. The van der Waals surface area contributed by atoms with Crippen molar-refractivity contribution in [1.82, 2.24) is 5.32 Å². The van der Waals surface area contributed by atoms with Crippen LogP contribution in [0.5, 0.6) is 0 Å². The van der Waals surface area contributed by atoms with Gasteiger partial charge in [-0.2, -0.15) is 0 Å². The van der Waals surface area contributed by atoms with Gasteiger partial charge in [0, 0.05) is 24.8 Å². The lowest BCUT2D eigenvalue weighted by molar-refractivity contribution is 0.0934. The molecule has 0 bridgehead atoms. The fourth-order valence-corrected chi connectivity index (χ4v) is 2.59. The van der Waals surface area contributed by atoms with Gasteiger partial charge in [-0.15, -0.1) is 0 Å². The molecule has 1 amide bonds. The predicted molar refractivity (Wildman–Crippen MR) is 74.9 cm³/mol. The molecule has 2 rings (SSSR count). The molecule has 3 nitrogen and oxygen atoms in total. The van der Waals surface area contributed by atoms with Gasteiger partial charge >= 0.3 is 0 Å². The maximum absolute atomic E-state index is 12.0. The Balaban J connectivity index is 1.90. The molecule has 0 saturated heterocycles. The number of carbonyl (C=O) groups excluding carboxylic acids is 1. The predicted octanol–water partition coefficient (Wildman–Crippen LogP) is 3.04. The minimum absolute atomic E-state index is 0.0331. The summed E-state index contributed by atoms with van der Waals surface area (Å²) in [6.45, 7) is 3.06. The van der Waals surface area contributed by atoms with Gasteiger partial charge < -0.3 is 10.6 Å². The molecule has 1 aromatic rings. The Morgan fingerprint density at radius 1 is 1.22 bits per heavy atom. The van der Waals surface area contributed by atoms with Crippen LogP contribution in [0, 0.1) is 5.41 Å². The largest absolute Gasteiger partial charge is 0.388 e. The standard InChI is InChI=1S/C15H22N2O/c1-15(9-3-4-10-15)11-17-14(18)12-5-7-13(16-2)8-6-12/h5-8,16H,3-4,9-11H2,1-2H3,(H,17,18). The summed E-state index contributed by atoms with van der Waals surface area (Å²) in [5, 5.41) is 6.10. The van der Waals surface area contributed by atoms with E-state index < -0.39 is 0 Å². The molecule has 0 unspecified atom stereocenters. The van der Waals surface area contributed by atoms with Gasteiger partial charge in [0.1, 0.15) is 0 Å². The van der Waals surface area contributed by atoms with Crippen LogP contribution in [0.25, 0.3) is 0 Å². The summed E-state index contributed by atoms with van der Waals surface area (Å²) < 4.78 is 0. The summed E-state index contributed by atoms with van der Waals surface area (Å²) in [5.41, 5.74) is 2.06. The number of hydrogen-bond acceptors (Lipinski definition) is 2. The summed E-state index contributed by atoms with van der Waals surface area (Å²) in [6, 6.07) is 7.56. The molecule has 2 N–H and O–H groups in total. The quantitative estimate of drug-likeness (QED) is 0.857. The van der Waals surface area contributed by atoms with E-state index in [0.717, 1.165) is 17.8 Å². The maximum atomic E-state index is 12.0. The second-order valence-electron chi connectivity index (χ2n) is 5.53. The van der Waals surface area contributed by atoms with Gasteiger partial charge in [-0.05, 0) is 42.5 Å². The van der Waals surface area contributed by atoms with E-state index in [1.807, 2.05) is 31.3 Å². The molecule has 0 spiro atoms. The number of benzene rings is 1. The third-order valence-corrected chi connectivity index (χ3v) is 3.92. The summed E-state index contributed by atoms with van der Waals surface area (Å²) in [5.74, 6) is 0.0331. The van der Waals surface area contributed by atoms with Crippen molar-refractivity contribution in [2.45, 2.75) is 32.6 Å². The van der Waals surface area contributed by atoms with Crippen molar-refractivity contribution in [1.29, 1.82) is 0 Å². The Hall–Kier alpha value is -1.51. The SMILES string of the molecule is CNc1ccc(C(=O)NCC2(C)CCCC2)cc1. The lowest BCUT2D eigenvalue weighted by Crippen LogP contribution is -2.34. The summed E-state index contributed by atoms with van der Waals surface area (Å²) in [4.78, 5) is 12.0. The zero-order valence-electron chi connectivity index (χ0n) is 11.3. The highest BCUT2D eigenvalue weighted by Crippen LogP contribution is 2.36. The maximum Gasteiger partial charge on any atom is 0.251 e. The molecule has 1 aromatic carbocycles. The Bertz CT molecular complexity index is 405. The van der Waals surface area contributed by atoms with Gasteiger partial charge in [-0.1, -0.05) is 19.8 Å². The molecule has 18 heavy (non-hydrogen) atoms. The molecule has 0 radical (unpaired) electrons. The number of hydrogen-bond donors (Lipinski definition) is 2. The van der Waals surface area contributed by atoms with Crippen molar-refractivity contribution >= 4 is 11.6 Å². The molecule has 0 heterocycles. The number of anilines is 1. The molecule has 1 aliphatic rings. The van der Waals surface area contributed by atoms with Gasteiger partial charge in [0.2, 0.25) is 0 Å². The van der Waals surface area contributed by atoms with Gasteiger partial charge in [0.25, 0.3) is 5.91 Å². The van der Waals surface area contributed by atoms with Gasteiger partial charge in [-0.25, -0.2) is 0 Å². The molecular formula is C15H22N2O. The van der Waals surface area contributed by atoms with E-state index in [4.69, 9.17) is 0 Å². The third-order valence-electron chi connectivity index (χ3n) is 3.92.